The third kappa shape index (κ3) is 3.36. The van der Waals surface area contributed by atoms with Gasteiger partial charge in [0.25, 0.3) is 0 Å². The van der Waals surface area contributed by atoms with Crippen molar-refractivity contribution < 1.29 is 4.74 Å². The lowest BCUT2D eigenvalue weighted by Crippen LogP contribution is -2.23. The molecule has 3 rings (SSSR count). The number of benzene rings is 2. The summed E-state index contributed by atoms with van der Waals surface area (Å²) in [6.07, 6.45) is 4.49. The van der Waals surface area contributed by atoms with Crippen LogP contribution in [0.3, 0.4) is 0 Å². The zero-order chi connectivity index (χ0) is 14.9. The zero-order valence-electron chi connectivity index (χ0n) is 13.0. The Kier molecular flexibility index (Phi) is 3.59. The fourth-order valence-corrected chi connectivity index (χ4v) is 2.77. The van der Waals surface area contributed by atoms with Gasteiger partial charge in [0.15, 0.2) is 0 Å². The van der Waals surface area contributed by atoms with Gasteiger partial charge in [-0.2, -0.15) is 0 Å². The molecule has 0 bridgehead atoms. The van der Waals surface area contributed by atoms with Crippen molar-refractivity contribution in [3.63, 3.8) is 0 Å². The molecular weight excluding hydrogens is 256 g/mol. The Balaban J connectivity index is 1.89. The molecule has 2 aromatic carbocycles. The van der Waals surface area contributed by atoms with Crippen molar-refractivity contribution in [3.8, 4) is 5.75 Å². The van der Waals surface area contributed by atoms with Gasteiger partial charge < -0.3 is 4.74 Å². The van der Waals surface area contributed by atoms with Crippen LogP contribution in [0.2, 0.25) is 0 Å². The summed E-state index contributed by atoms with van der Waals surface area (Å²) in [6, 6.07) is 17.1. The highest BCUT2D eigenvalue weighted by Gasteiger charge is 2.15. The van der Waals surface area contributed by atoms with Crippen LogP contribution in [0.4, 0.5) is 0 Å². The molecule has 108 valence electrons. The summed E-state index contributed by atoms with van der Waals surface area (Å²) < 4.78 is 5.96. The zero-order valence-corrected chi connectivity index (χ0v) is 13.0. The van der Waals surface area contributed by atoms with Gasteiger partial charge in [0, 0.05) is 0 Å². The van der Waals surface area contributed by atoms with Crippen molar-refractivity contribution in [1.29, 1.82) is 0 Å². The molecule has 0 heterocycles. The predicted octanol–water partition coefficient (Wildman–Crippen LogP) is 5.35. The monoisotopic (exact) mass is 278 g/mol. The van der Waals surface area contributed by atoms with Crippen LogP contribution in [-0.2, 0) is 6.42 Å². The van der Waals surface area contributed by atoms with Crippen LogP contribution in [0.25, 0.3) is 11.6 Å². The van der Waals surface area contributed by atoms with Crippen molar-refractivity contribution in [3.05, 3.63) is 65.2 Å². The van der Waals surface area contributed by atoms with E-state index in [1.165, 1.54) is 22.3 Å². The maximum Gasteiger partial charge on any atom is 0.120 e. The third-order valence-electron chi connectivity index (χ3n) is 3.68. The minimum atomic E-state index is -0.145. The lowest BCUT2D eigenvalue weighted by molar-refractivity contribution is 0.131. The molecule has 21 heavy (non-hydrogen) atoms. The van der Waals surface area contributed by atoms with Crippen LogP contribution in [-0.4, -0.2) is 5.60 Å². The van der Waals surface area contributed by atoms with E-state index in [0.29, 0.717) is 0 Å². The first-order chi connectivity index (χ1) is 10.0. The van der Waals surface area contributed by atoms with Crippen LogP contribution in [0, 0.1) is 0 Å². The van der Waals surface area contributed by atoms with E-state index in [-0.39, 0.29) is 5.60 Å². The van der Waals surface area contributed by atoms with Crippen LogP contribution >= 0.6 is 0 Å². The van der Waals surface area contributed by atoms with Crippen molar-refractivity contribution in [2.45, 2.75) is 39.2 Å². The van der Waals surface area contributed by atoms with E-state index in [2.05, 4.69) is 75.4 Å². The van der Waals surface area contributed by atoms with Gasteiger partial charge in [-0.15, -0.1) is 0 Å². The number of aryl methyl sites for hydroxylation is 1. The van der Waals surface area contributed by atoms with Gasteiger partial charge in [-0.25, -0.2) is 0 Å². The van der Waals surface area contributed by atoms with Crippen LogP contribution < -0.4 is 4.74 Å². The molecule has 0 atom stereocenters. The third-order valence-corrected chi connectivity index (χ3v) is 3.68. The molecule has 0 radical (unpaired) electrons. The first-order valence-electron chi connectivity index (χ1n) is 7.59. The number of fused-ring (bicyclic) bond motifs is 1. The lowest BCUT2D eigenvalue weighted by Gasteiger charge is -2.23. The van der Waals surface area contributed by atoms with E-state index in [9.17, 15) is 0 Å². The molecule has 1 heteroatoms. The number of rotatable bonds is 2. The van der Waals surface area contributed by atoms with Gasteiger partial charge in [0.05, 0.1) is 0 Å². The average molecular weight is 278 g/mol. The van der Waals surface area contributed by atoms with Crippen molar-refractivity contribution in [1.82, 2.24) is 0 Å². The molecule has 0 fully saturated rings. The van der Waals surface area contributed by atoms with Crippen LogP contribution in [0.15, 0.2) is 48.5 Å². The molecule has 1 aliphatic carbocycles. The molecule has 1 nitrogen and oxygen atoms in total. The van der Waals surface area contributed by atoms with E-state index >= 15 is 0 Å². The topological polar surface area (TPSA) is 9.23 Å². The fraction of sp³-hybridized carbons (Fsp3) is 0.300. The fourth-order valence-electron chi connectivity index (χ4n) is 2.77. The molecule has 0 aromatic heterocycles. The van der Waals surface area contributed by atoms with Crippen molar-refractivity contribution in [2.75, 3.05) is 0 Å². The molecule has 0 N–H and O–H groups in total. The normalized spacial score (nSPS) is 14.3. The minimum absolute atomic E-state index is 0.145. The standard InChI is InChI=1S/C20H22O/c1-20(2,3)21-19-12-11-17-13-16(9-10-18(17)14-19)15-7-5-4-6-8-15/h4-8,11-14H,9-10H2,1-3H3. The number of hydrogen-bond acceptors (Lipinski definition) is 1. The highest BCUT2D eigenvalue weighted by molar-refractivity contribution is 5.84. The Hall–Kier alpha value is -2.02. The molecule has 0 aliphatic heterocycles. The molecule has 0 spiro atoms. The molecular formula is C20H22O. The van der Waals surface area contributed by atoms with Gasteiger partial charge in [-0.3, -0.25) is 0 Å². The molecule has 0 unspecified atom stereocenters. The number of ether oxygens (including phenoxy) is 1. The van der Waals surface area contributed by atoms with Gasteiger partial charge in [0.2, 0.25) is 0 Å². The van der Waals surface area contributed by atoms with Gasteiger partial charge in [-0.1, -0.05) is 42.5 Å². The Labute approximate surface area is 127 Å². The average Bonchev–Trinajstić information content (AvgIpc) is 2.46. The van der Waals surface area contributed by atoms with E-state index in [1.54, 1.807) is 0 Å². The molecule has 1 aliphatic rings. The summed E-state index contributed by atoms with van der Waals surface area (Å²) >= 11 is 0. The molecule has 0 saturated carbocycles. The summed E-state index contributed by atoms with van der Waals surface area (Å²) in [5.74, 6) is 0.970. The van der Waals surface area contributed by atoms with E-state index in [0.717, 1.165) is 18.6 Å². The quantitative estimate of drug-likeness (QED) is 0.719. The Morgan fingerprint density at radius 1 is 0.905 bits per heavy atom. The van der Waals surface area contributed by atoms with E-state index in [4.69, 9.17) is 4.74 Å². The summed E-state index contributed by atoms with van der Waals surface area (Å²) in [7, 11) is 0. The van der Waals surface area contributed by atoms with E-state index < -0.39 is 0 Å². The van der Waals surface area contributed by atoms with Gasteiger partial charge >= 0.3 is 0 Å². The first-order valence-corrected chi connectivity index (χ1v) is 7.59. The smallest absolute Gasteiger partial charge is 0.120 e. The first kappa shape index (κ1) is 13.9. The summed E-state index contributed by atoms with van der Waals surface area (Å²) in [6.45, 7) is 6.25. The van der Waals surface area contributed by atoms with Gasteiger partial charge in [0.1, 0.15) is 11.4 Å². The molecule has 0 saturated heterocycles. The maximum absolute atomic E-state index is 5.96. The highest BCUT2D eigenvalue weighted by atomic mass is 16.5. The van der Waals surface area contributed by atoms with Crippen LogP contribution in [0.1, 0.15) is 43.9 Å². The van der Waals surface area contributed by atoms with E-state index in [1.807, 2.05) is 0 Å². The largest absolute Gasteiger partial charge is 0.488 e. The molecule has 0 amide bonds. The minimum Gasteiger partial charge on any atom is -0.488 e. The summed E-state index contributed by atoms with van der Waals surface area (Å²) in [5.41, 5.74) is 5.32. The maximum atomic E-state index is 5.96. The predicted molar refractivity (Wildman–Crippen MR) is 89.5 cm³/mol. The Morgan fingerprint density at radius 3 is 2.38 bits per heavy atom. The second-order valence-electron chi connectivity index (χ2n) is 6.61. The second kappa shape index (κ2) is 5.40. The number of hydrogen-bond donors (Lipinski definition) is 0. The van der Waals surface area contributed by atoms with Crippen molar-refractivity contribution in [2.24, 2.45) is 0 Å². The molecule has 2 aromatic rings. The highest BCUT2D eigenvalue weighted by Crippen LogP contribution is 2.32. The van der Waals surface area contributed by atoms with Gasteiger partial charge in [-0.05, 0) is 68.0 Å². The SMILES string of the molecule is CC(C)(C)Oc1ccc2c(c1)CCC(c1ccccc1)=C2. The van der Waals surface area contributed by atoms with Crippen molar-refractivity contribution >= 4 is 11.6 Å². The lowest BCUT2D eigenvalue weighted by atomic mass is 9.88. The Morgan fingerprint density at radius 2 is 1.67 bits per heavy atom. The van der Waals surface area contributed by atoms with Crippen LogP contribution in [0.5, 0.6) is 5.75 Å². The Bertz CT molecular complexity index is 660. The second-order valence-corrected chi connectivity index (χ2v) is 6.61. The summed E-state index contributed by atoms with van der Waals surface area (Å²) in [5, 5.41) is 0. The number of allylic oxidation sites excluding steroid dienone is 1. The summed E-state index contributed by atoms with van der Waals surface area (Å²) in [4.78, 5) is 0.